The third-order valence-corrected chi connectivity index (χ3v) is 4.41. The van der Waals surface area contributed by atoms with Crippen molar-refractivity contribution in [3.8, 4) is 0 Å². The molecule has 0 saturated carbocycles. The molecule has 0 spiro atoms. The molecular formula is C12H13Cl2N3OS. The lowest BCUT2D eigenvalue weighted by Gasteiger charge is -2.03. The number of nitrogens with one attached hydrogen (secondary N) is 2. The summed E-state index contributed by atoms with van der Waals surface area (Å²) < 4.78 is 0.776. The number of unbranched alkanes of at least 4 members (excludes halogenated alkanes) is 1. The lowest BCUT2D eigenvalue weighted by atomic mass is 10.3. The monoisotopic (exact) mass is 317 g/mol. The van der Waals surface area contributed by atoms with Gasteiger partial charge in [0, 0.05) is 6.54 Å². The predicted octanol–water partition coefficient (Wildman–Crippen LogP) is 4.52. The summed E-state index contributed by atoms with van der Waals surface area (Å²) in [6.07, 6.45) is 1.99. The third-order valence-electron chi connectivity index (χ3n) is 2.49. The molecule has 19 heavy (non-hydrogen) atoms. The van der Waals surface area contributed by atoms with E-state index in [1.807, 2.05) is 0 Å². The van der Waals surface area contributed by atoms with E-state index in [-0.39, 0.29) is 6.03 Å². The van der Waals surface area contributed by atoms with Gasteiger partial charge in [-0.2, -0.15) is 0 Å². The molecule has 2 amide bonds. The van der Waals surface area contributed by atoms with E-state index in [1.54, 1.807) is 12.1 Å². The minimum absolute atomic E-state index is 0.255. The minimum atomic E-state index is -0.255. The van der Waals surface area contributed by atoms with Gasteiger partial charge in [0.25, 0.3) is 0 Å². The van der Waals surface area contributed by atoms with Gasteiger partial charge < -0.3 is 5.32 Å². The largest absolute Gasteiger partial charge is 0.338 e. The normalized spacial score (nSPS) is 10.7. The molecule has 0 radical (unpaired) electrons. The molecule has 0 unspecified atom stereocenters. The Morgan fingerprint density at radius 1 is 1.42 bits per heavy atom. The van der Waals surface area contributed by atoms with Crippen LogP contribution in [0.1, 0.15) is 19.8 Å². The molecule has 0 aliphatic rings. The summed E-state index contributed by atoms with van der Waals surface area (Å²) in [7, 11) is 0. The average molecular weight is 318 g/mol. The Morgan fingerprint density at radius 3 is 2.95 bits per heavy atom. The number of hydrogen-bond acceptors (Lipinski definition) is 3. The van der Waals surface area contributed by atoms with Crippen LogP contribution in [0.4, 0.5) is 9.93 Å². The summed E-state index contributed by atoms with van der Waals surface area (Å²) in [5, 5.41) is 6.91. The maximum atomic E-state index is 11.6. The Bertz CT molecular complexity index is 600. The summed E-state index contributed by atoms with van der Waals surface area (Å²) in [5.41, 5.74) is 0.725. The molecule has 2 N–H and O–H groups in total. The number of benzene rings is 1. The number of amides is 2. The van der Waals surface area contributed by atoms with Crippen LogP contribution >= 0.6 is 34.5 Å². The van der Waals surface area contributed by atoms with Crippen LogP contribution in [0.3, 0.4) is 0 Å². The SMILES string of the molecule is CCCCNC(=O)Nc1nc2ccc(Cl)c(Cl)c2s1. The predicted molar refractivity (Wildman–Crippen MR) is 81.6 cm³/mol. The van der Waals surface area contributed by atoms with Crippen molar-refractivity contribution in [2.24, 2.45) is 0 Å². The van der Waals surface area contributed by atoms with Crippen LogP contribution < -0.4 is 10.6 Å². The summed E-state index contributed by atoms with van der Waals surface area (Å²) in [6, 6.07) is 3.21. The van der Waals surface area contributed by atoms with Gasteiger partial charge in [-0.15, -0.1) is 0 Å². The van der Waals surface area contributed by atoms with Gasteiger partial charge in [0.05, 0.1) is 20.3 Å². The topological polar surface area (TPSA) is 54.0 Å². The summed E-state index contributed by atoms with van der Waals surface area (Å²) >= 11 is 13.3. The molecule has 4 nitrogen and oxygen atoms in total. The highest BCUT2D eigenvalue weighted by molar-refractivity contribution is 7.23. The molecule has 1 aromatic carbocycles. The third kappa shape index (κ3) is 3.49. The number of hydrogen-bond donors (Lipinski definition) is 2. The first-order valence-corrected chi connectivity index (χ1v) is 7.48. The highest BCUT2D eigenvalue weighted by Gasteiger charge is 2.11. The van der Waals surface area contributed by atoms with E-state index in [4.69, 9.17) is 23.2 Å². The van der Waals surface area contributed by atoms with E-state index in [1.165, 1.54) is 11.3 Å². The molecule has 0 saturated heterocycles. The summed E-state index contributed by atoms with van der Waals surface area (Å²) in [4.78, 5) is 15.9. The fourth-order valence-corrected chi connectivity index (χ4v) is 2.90. The van der Waals surface area contributed by atoms with Gasteiger partial charge in [-0.25, -0.2) is 9.78 Å². The van der Waals surface area contributed by atoms with Gasteiger partial charge in [-0.05, 0) is 18.6 Å². The maximum absolute atomic E-state index is 11.6. The molecule has 2 rings (SSSR count). The van der Waals surface area contributed by atoms with Gasteiger partial charge in [0.15, 0.2) is 5.13 Å². The zero-order chi connectivity index (χ0) is 13.8. The lowest BCUT2D eigenvalue weighted by Crippen LogP contribution is -2.29. The summed E-state index contributed by atoms with van der Waals surface area (Å²) in [5.74, 6) is 0. The molecule has 102 valence electrons. The number of rotatable bonds is 4. The molecule has 1 heterocycles. The van der Waals surface area contributed by atoms with E-state index >= 15 is 0 Å². The van der Waals surface area contributed by atoms with Gasteiger partial charge >= 0.3 is 6.03 Å². The van der Waals surface area contributed by atoms with Gasteiger partial charge in [0.2, 0.25) is 0 Å². The number of anilines is 1. The average Bonchev–Trinajstić information content (AvgIpc) is 2.78. The molecular weight excluding hydrogens is 305 g/mol. The Morgan fingerprint density at radius 2 is 2.21 bits per heavy atom. The Balaban J connectivity index is 2.09. The number of thiazole rings is 1. The van der Waals surface area contributed by atoms with Crippen LogP contribution in [0.15, 0.2) is 12.1 Å². The fourth-order valence-electron chi connectivity index (χ4n) is 1.51. The molecule has 0 aliphatic heterocycles. The maximum Gasteiger partial charge on any atom is 0.321 e. The number of halogens is 2. The molecule has 0 atom stereocenters. The van der Waals surface area contributed by atoms with E-state index in [0.717, 1.165) is 23.1 Å². The molecule has 0 aliphatic carbocycles. The van der Waals surface area contributed by atoms with Gasteiger partial charge in [-0.3, -0.25) is 5.32 Å². The first-order chi connectivity index (χ1) is 9.11. The number of nitrogens with zero attached hydrogens (tertiary/aromatic N) is 1. The van der Waals surface area contributed by atoms with Crippen LogP contribution in [0, 0.1) is 0 Å². The summed E-state index contributed by atoms with van der Waals surface area (Å²) in [6.45, 7) is 2.72. The quantitative estimate of drug-likeness (QED) is 0.814. The van der Waals surface area contributed by atoms with Crippen LogP contribution in [0.2, 0.25) is 10.0 Å². The number of fused-ring (bicyclic) bond motifs is 1. The van der Waals surface area contributed by atoms with E-state index in [9.17, 15) is 4.79 Å². The van der Waals surface area contributed by atoms with Crippen molar-refractivity contribution in [3.05, 3.63) is 22.2 Å². The van der Waals surface area contributed by atoms with Gasteiger partial charge in [-0.1, -0.05) is 47.9 Å². The van der Waals surface area contributed by atoms with Crippen LogP contribution in [0.25, 0.3) is 10.2 Å². The Kier molecular flexibility index (Phi) is 4.85. The van der Waals surface area contributed by atoms with E-state index in [0.29, 0.717) is 21.7 Å². The van der Waals surface area contributed by atoms with Gasteiger partial charge in [0.1, 0.15) is 0 Å². The highest BCUT2D eigenvalue weighted by Crippen LogP contribution is 2.36. The fraction of sp³-hybridized carbons (Fsp3) is 0.333. The molecule has 2 aromatic rings. The van der Waals surface area contributed by atoms with Crippen LogP contribution in [-0.2, 0) is 0 Å². The molecule has 0 bridgehead atoms. The Labute approximate surface area is 125 Å². The standard InChI is InChI=1S/C12H13Cl2N3OS/c1-2-3-6-15-11(18)17-12-16-8-5-4-7(13)9(14)10(8)19-12/h4-5H,2-3,6H2,1H3,(H2,15,16,17,18). The molecule has 7 heteroatoms. The minimum Gasteiger partial charge on any atom is -0.338 e. The van der Waals surface area contributed by atoms with Crippen molar-refractivity contribution >= 4 is 55.9 Å². The van der Waals surface area contributed by atoms with Crippen molar-refractivity contribution in [1.82, 2.24) is 10.3 Å². The van der Waals surface area contributed by atoms with Crippen molar-refractivity contribution in [1.29, 1.82) is 0 Å². The number of carbonyl (C=O) groups is 1. The first kappa shape index (κ1) is 14.4. The second-order valence-corrected chi connectivity index (χ2v) is 5.75. The second-order valence-electron chi connectivity index (χ2n) is 3.96. The lowest BCUT2D eigenvalue weighted by molar-refractivity contribution is 0.252. The number of aromatic nitrogens is 1. The second kappa shape index (κ2) is 6.41. The van der Waals surface area contributed by atoms with Crippen LogP contribution in [-0.4, -0.2) is 17.6 Å². The van der Waals surface area contributed by atoms with E-state index < -0.39 is 0 Å². The van der Waals surface area contributed by atoms with Crippen LogP contribution in [0.5, 0.6) is 0 Å². The molecule has 1 aromatic heterocycles. The molecule has 0 fully saturated rings. The first-order valence-electron chi connectivity index (χ1n) is 5.91. The Hall–Kier alpha value is -1.04. The number of urea groups is 1. The zero-order valence-electron chi connectivity index (χ0n) is 10.3. The zero-order valence-corrected chi connectivity index (χ0v) is 12.6. The smallest absolute Gasteiger partial charge is 0.321 e. The van der Waals surface area contributed by atoms with Crippen molar-refractivity contribution in [2.45, 2.75) is 19.8 Å². The number of carbonyl (C=O) groups excluding carboxylic acids is 1. The van der Waals surface area contributed by atoms with E-state index in [2.05, 4.69) is 22.5 Å². The highest BCUT2D eigenvalue weighted by atomic mass is 35.5. The van der Waals surface area contributed by atoms with Crippen molar-refractivity contribution in [2.75, 3.05) is 11.9 Å². The van der Waals surface area contributed by atoms with Crippen molar-refractivity contribution in [3.63, 3.8) is 0 Å². The van der Waals surface area contributed by atoms with Crippen molar-refractivity contribution < 1.29 is 4.79 Å².